The van der Waals surface area contributed by atoms with Crippen molar-refractivity contribution >= 4 is 11.6 Å². The molecule has 2 aromatic rings. The van der Waals surface area contributed by atoms with Crippen LogP contribution in [0.1, 0.15) is 35.5 Å². The molecule has 1 aromatic carbocycles. The van der Waals surface area contributed by atoms with E-state index in [1.165, 1.54) is 5.56 Å². The number of hydrazine groups is 1. The van der Waals surface area contributed by atoms with Crippen molar-refractivity contribution in [2.75, 3.05) is 0 Å². The fraction of sp³-hybridized carbons (Fsp3) is 0.400. The molecule has 108 valence electrons. The van der Waals surface area contributed by atoms with Crippen LogP contribution in [0.5, 0.6) is 0 Å². The minimum Gasteiger partial charge on any atom is -0.272 e. The maximum atomic E-state index is 6.09. The molecule has 0 amide bonds. The lowest BCUT2D eigenvalue weighted by atomic mass is 9.98. The summed E-state index contributed by atoms with van der Waals surface area (Å²) >= 11 is 6.09. The first-order valence-electron chi connectivity index (χ1n) is 6.79. The van der Waals surface area contributed by atoms with Crippen molar-refractivity contribution in [3.8, 4) is 0 Å². The molecular weight excluding hydrogens is 272 g/mol. The lowest BCUT2D eigenvalue weighted by molar-refractivity contribution is 0.528. The van der Waals surface area contributed by atoms with Gasteiger partial charge in [-0.3, -0.25) is 16.0 Å². The maximum Gasteiger partial charge on any atom is 0.0624 e. The number of hydrogen-bond donors (Lipinski definition) is 2. The number of nitrogens with one attached hydrogen (secondary N) is 1. The minimum atomic E-state index is 0.0220. The molecule has 4 nitrogen and oxygen atoms in total. The molecule has 2 rings (SSSR count). The summed E-state index contributed by atoms with van der Waals surface area (Å²) in [6, 6.07) is 8.03. The zero-order chi connectivity index (χ0) is 14.7. The van der Waals surface area contributed by atoms with Crippen molar-refractivity contribution < 1.29 is 0 Å². The highest BCUT2D eigenvalue weighted by molar-refractivity contribution is 6.30. The van der Waals surface area contributed by atoms with E-state index in [2.05, 4.69) is 30.4 Å². The second-order valence-corrected chi connectivity index (χ2v) is 5.46. The van der Waals surface area contributed by atoms with Gasteiger partial charge in [-0.05, 0) is 42.7 Å². The van der Waals surface area contributed by atoms with Gasteiger partial charge >= 0.3 is 0 Å². The Balaban J connectivity index is 2.28. The molecule has 0 radical (unpaired) electrons. The molecule has 0 aliphatic rings. The van der Waals surface area contributed by atoms with Crippen LogP contribution >= 0.6 is 11.6 Å². The van der Waals surface area contributed by atoms with Gasteiger partial charge in [0.1, 0.15) is 0 Å². The van der Waals surface area contributed by atoms with Crippen LogP contribution in [0.15, 0.2) is 24.3 Å². The molecule has 0 saturated heterocycles. The summed E-state index contributed by atoms with van der Waals surface area (Å²) in [6.07, 6.45) is 1.71. The van der Waals surface area contributed by atoms with Crippen LogP contribution in [0.2, 0.25) is 5.02 Å². The molecule has 0 spiro atoms. The molecule has 3 N–H and O–H groups in total. The van der Waals surface area contributed by atoms with E-state index in [4.69, 9.17) is 17.4 Å². The smallest absolute Gasteiger partial charge is 0.0624 e. The molecule has 1 heterocycles. The van der Waals surface area contributed by atoms with Crippen molar-refractivity contribution in [2.45, 2.75) is 32.7 Å². The SMILES string of the molecule is CCc1cc(CC(NN)c2cc(Cl)ccc2C)n(C)n1. The number of hydrogen-bond acceptors (Lipinski definition) is 3. The van der Waals surface area contributed by atoms with E-state index < -0.39 is 0 Å². The largest absolute Gasteiger partial charge is 0.272 e. The number of halogens is 1. The van der Waals surface area contributed by atoms with E-state index in [0.717, 1.165) is 34.8 Å². The summed E-state index contributed by atoms with van der Waals surface area (Å²) in [5.41, 5.74) is 7.44. The van der Waals surface area contributed by atoms with Crippen molar-refractivity contribution in [3.05, 3.63) is 51.8 Å². The van der Waals surface area contributed by atoms with Crippen LogP contribution in [0.3, 0.4) is 0 Å². The van der Waals surface area contributed by atoms with Crippen LogP contribution in [0.25, 0.3) is 0 Å². The van der Waals surface area contributed by atoms with Crippen LogP contribution < -0.4 is 11.3 Å². The molecule has 1 unspecified atom stereocenters. The van der Waals surface area contributed by atoms with Gasteiger partial charge in [0.25, 0.3) is 0 Å². The fourth-order valence-corrected chi connectivity index (χ4v) is 2.57. The molecule has 0 fully saturated rings. The second kappa shape index (κ2) is 6.39. The molecule has 1 atom stereocenters. The van der Waals surface area contributed by atoms with Gasteiger partial charge < -0.3 is 0 Å². The summed E-state index contributed by atoms with van der Waals surface area (Å²) in [6.45, 7) is 4.17. The summed E-state index contributed by atoms with van der Waals surface area (Å²) < 4.78 is 1.92. The summed E-state index contributed by atoms with van der Waals surface area (Å²) in [4.78, 5) is 0. The molecule has 0 aliphatic carbocycles. The number of aromatic nitrogens is 2. The molecule has 5 heteroatoms. The van der Waals surface area contributed by atoms with Crippen LogP contribution in [-0.2, 0) is 19.9 Å². The van der Waals surface area contributed by atoms with Gasteiger partial charge in [0.15, 0.2) is 0 Å². The highest BCUT2D eigenvalue weighted by Gasteiger charge is 2.16. The van der Waals surface area contributed by atoms with Gasteiger partial charge in [-0.1, -0.05) is 24.6 Å². The van der Waals surface area contributed by atoms with E-state index in [1.54, 1.807) is 0 Å². The quantitative estimate of drug-likeness (QED) is 0.658. The standard InChI is InChI=1S/C15H21ClN4/c1-4-12-8-13(20(3)19-12)9-15(18-17)14-7-11(16)6-5-10(14)2/h5-8,15,18H,4,9,17H2,1-3H3. The zero-order valence-electron chi connectivity index (χ0n) is 12.2. The molecular formula is C15H21ClN4. The average Bonchev–Trinajstić information content (AvgIpc) is 2.79. The summed E-state index contributed by atoms with van der Waals surface area (Å²) in [7, 11) is 1.97. The third-order valence-corrected chi connectivity index (χ3v) is 3.86. The summed E-state index contributed by atoms with van der Waals surface area (Å²) in [5, 5.41) is 5.20. The van der Waals surface area contributed by atoms with E-state index in [-0.39, 0.29) is 6.04 Å². The maximum absolute atomic E-state index is 6.09. The Morgan fingerprint density at radius 3 is 2.75 bits per heavy atom. The van der Waals surface area contributed by atoms with E-state index >= 15 is 0 Å². The Hall–Kier alpha value is -1.36. The van der Waals surface area contributed by atoms with Crippen LogP contribution in [0.4, 0.5) is 0 Å². The Bertz CT molecular complexity index is 592. The van der Waals surface area contributed by atoms with E-state index in [0.29, 0.717) is 0 Å². The van der Waals surface area contributed by atoms with Gasteiger partial charge in [0.2, 0.25) is 0 Å². The third-order valence-electron chi connectivity index (χ3n) is 3.62. The van der Waals surface area contributed by atoms with E-state index in [9.17, 15) is 0 Å². The molecule has 0 saturated carbocycles. The number of nitrogens with zero attached hydrogens (tertiary/aromatic N) is 2. The first kappa shape index (κ1) is 15.0. The number of rotatable bonds is 5. The van der Waals surface area contributed by atoms with Gasteiger partial charge in [-0.25, -0.2) is 0 Å². The molecule has 0 aliphatic heterocycles. The average molecular weight is 293 g/mol. The van der Waals surface area contributed by atoms with E-state index in [1.807, 2.05) is 29.9 Å². The van der Waals surface area contributed by atoms with Crippen molar-refractivity contribution in [1.29, 1.82) is 0 Å². The van der Waals surface area contributed by atoms with Crippen LogP contribution in [-0.4, -0.2) is 9.78 Å². The molecule has 20 heavy (non-hydrogen) atoms. The van der Waals surface area contributed by atoms with Crippen molar-refractivity contribution in [3.63, 3.8) is 0 Å². The highest BCUT2D eigenvalue weighted by Crippen LogP contribution is 2.24. The number of aryl methyl sites for hydroxylation is 3. The Morgan fingerprint density at radius 2 is 2.15 bits per heavy atom. The topological polar surface area (TPSA) is 55.9 Å². The fourth-order valence-electron chi connectivity index (χ4n) is 2.39. The van der Waals surface area contributed by atoms with Gasteiger partial charge in [0.05, 0.1) is 11.7 Å². The number of benzene rings is 1. The monoisotopic (exact) mass is 292 g/mol. The Morgan fingerprint density at radius 1 is 1.40 bits per heavy atom. The van der Waals surface area contributed by atoms with Gasteiger partial charge in [-0.15, -0.1) is 0 Å². The lowest BCUT2D eigenvalue weighted by Gasteiger charge is -2.19. The van der Waals surface area contributed by atoms with Gasteiger partial charge in [0, 0.05) is 24.2 Å². The molecule has 0 bridgehead atoms. The first-order valence-corrected chi connectivity index (χ1v) is 7.17. The second-order valence-electron chi connectivity index (χ2n) is 5.03. The zero-order valence-corrected chi connectivity index (χ0v) is 12.9. The Kier molecular flexibility index (Phi) is 4.81. The highest BCUT2D eigenvalue weighted by atomic mass is 35.5. The first-order chi connectivity index (χ1) is 9.55. The normalized spacial score (nSPS) is 12.7. The summed E-state index contributed by atoms with van der Waals surface area (Å²) in [5.74, 6) is 5.74. The minimum absolute atomic E-state index is 0.0220. The van der Waals surface area contributed by atoms with Crippen molar-refractivity contribution in [1.82, 2.24) is 15.2 Å². The molecule has 1 aromatic heterocycles. The predicted molar refractivity (Wildman–Crippen MR) is 82.5 cm³/mol. The Labute approximate surface area is 124 Å². The number of nitrogens with two attached hydrogens (primary N) is 1. The predicted octanol–water partition coefficient (Wildman–Crippen LogP) is 2.69. The van der Waals surface area contributed by atoms with Crippen LogP contribution in [0, 0.1) is 6.92 Å². The lowest BCUT2D eigenvalue weighted by Crippen LogP contribution is -2.30. The third kappa shape index (κ3) is 3.20. The van der Waals surface area contributed by atoms with Gasteiger partial charge in [-0.2, -0.15) is 5.10 Å². The van der Waals surface area contributed by atoms with Crippen molar-refractivity contribution in [2.24, 2.45) is 12.9 Å².